The van der Waals surface area contributed by atoms with Crippen LogP contribution in [0.2, 0.25) is 0 Å². The van der Waals surface area contributed by atoms with Gasteiger partial charge in [0.15, 0.2) is 5.76 Å². The minimum atomic E-state index is -0.310. The first-order valence-corrected chi connectivity index (χ1v) is 9.24. The van der Waals surface area contributed by atoms with Crippen LogP contribution in [0.4, 0.5) is 4.39 Å². The van der Waals surface area contributed by atoms with E-state index in [1.165, 1.54) is 12.1 Å². The minimum absolute atomic E-state index is 0.0298. The maximum atomic E-state index is 13.2. The fourth-order valence-electron chi connectivity index (χ4n) is 2.98. The third-order valence-electron chi connectivity index (χ3n) is 4.53. The molecule has 2 aromatic carbocycles. The Morgan fingerprint density at radius 1 is 1.07 bits per heavy atom. The van der Waals surface area contributed by atoms with Gasteiger partial charge in [-0.2, -0.15) is 0 Å². The largest absolute Gasteiger partial charge is 0.497 e. The summed E-state index contributed by atoms with van der Waals surface area (Å²) in [5, 5.41) is 4.11. The van der Waals surface area contributed by atoms with Crippen LogP contribution in [-0.4, -0.2) is 30.2 Å². The number of carbonyl (C=O) groups excluding carboxylic acids is 1. The van der Waals surface area contributed by atoms with Gasteiger partial charge < -0.3 is 18.9 Å². The number of amides is 1. The number of rotatable bonds is 8. The highest BCUT2D eigenvalue weighted by molar-refractivity contribution is 5.76. The molecule has 1 amide bonds. The van der Waals surface area contributed by atoms with Crippen LogP contribution in [0.3, 0.4) is 0 Å². The zero-order chi connectivity index (χ0) is 20.8. The molecule has 1 heterocycles. The van der Waals surface area contributed by atoms with Gasteiger partial charge >= 0.3 is 0 Å². The number of halogens is 1. The van der Waals surface area contributed by atoms with Crippen molar-refractivity contribution in [2.24, 2.45) is 0 Å². The molecule has 0 N–H and O–H groups in total. The third kappa shape index (κ3) is 4.93. The topological polar surface area (TPSA) is 64.8 Å². The molecule has 0 aliphatic heterocycles. The molecule has 7 heteroatoms. The second-order valence-electron chi connectivity index (χ2n) is 6.48. The smallest absolute Gasteiger partial charge is 0.222 e. The van der Waals surface area contributed by atoms with Crippen molar-refractivity contribution in [1.29, 1.82) is 0 Å². The fraction of sp³-hybridized carbons (Fsp3) is 0.273. The van der Waals surface area contributed by atoms with Crippen LogP contribution in [0.25, 0.3) is 11.3 Å². The van der Waals surface area contributed by atoms with Crippen molar-refractivity contribution in [1.82, 2.24) is 10.1 Å². The molecule has 0 unspecified atom stereocenters. The Morgan fingerprint density at radius 3 is 2.48 bits per heavy atom. The summed E-state index contributed by atoms with van der Waals surface area (Å²) >= 11 is 0. The van der Waals surface area contributed by atoms with Crippen molar-refractivity contribution in [2.45, 2.75) is 26.4 Å². The van der Waals surface area contributed by atoms with Gasteiger partial charge in [-0.15, -0.1) is 0 Å². The van der Waals surface area contributed by atoms with Crippen LogP contribution in [0.1, 0.15) is 24.6 Å². The van der Waals surface area contributed by atoms with Crippen molar-refractivity contribution in [3.63, 3.8) is 0 Å². The van der Waals surface area contributed by atoms with Crippen molar-refractivity contribution >= 4 is 5.91 Å². The Morgan fingerprint density at radius 2 is 1.83 bits per heavy atom. The lowest BCUT2D eigenvalue weighted by atomic mass is 10.1. The molecular weight excluding hydrogens is 375 g/mol. The van der Waals surface area contributed by atoms with Gasteiger partial charge in [0.05, 0.1) is 26.3 Å². The average Bonchev–Trinajstić information content (AvgIpc) is 3.22. The molecule has 0 fully saturated rings. The Labute approximate surface area is 168 Å². The molecule has 0 saturated heterocycles. The first-order chi connectivity index (χ1) is 14.0. The molecule has 3 aromatic rings. The van der Waals surface area contributed by atoms with Crippen LogP contribution in [0.5, 0.6) is 11.5 Å². The number of hydrogen-bond acceptors (Lipinski definition) is 5. The van der Waals surface area contributed by atoms with Crippen LogP contribution < -0.4 is 9.47 Å². The Kier molecular flexibility index (Phi) is 6.49. The van der Waals surface area contributed by atoms with Crippen LogP contribution in [-0.2, 0) is 17.9 Å². The van der Waals surface area contributed by atoms with E-state index in [2.05, 4.69) is 5.16 Å². The number of nitrogens with zero attached hydrogens (tertiary/aromatic N) is 2. The number of methoxy groups -OCH3 is 2. The second kappa shape index (κ2) is 9.23. The lowest BCUT2D eigenvalue weighted by molar-refractivity contribution is -0.132. The van der Waals surface area contributed by atoms with Gasteiger partial charge in [0.1, 0.15) is 23.0 Å². The highest BCUT2D eigenvalue weighted by atomic mass is 19.1. The van der Waals surface area contributed by atoms with E-state index in [4.69, 9.17) is 14.0 Å². The monoisotopic (exact) mass is 398 g/mol. The molecule has 6 nitrogen and oxygen atoms in total. The molecule has 0 aliphatic rings. The van der Waals surface area contributed by atoms with Gasteiger partial charge in [-0.3, -0.25) is 4.79 Å². The molecule has 0 aliphatic carbocycles. The summed E-state index contributed by atoms with van der Waals surface area (Å²) in [7, 11) is 3.16. The summed E-state index contributed by atoms with van der Waals surface area (Å²) in [6.45, 7) is 2.44. The molecule has 29 heavy (non-hydrogen) atoms. The van der Waals surface area contributed by atoms with Crippen LogP contribution in [0.15, 0.2) is 53.1 Å². The zero-order valence-corrected chi connectivity index (χ0v) is 16.6. The number of benzene rings is 2. The summed E-state index contributed by atoms with van der Waals surface area (Å²) in [5.74, 6) is 1.47. The summed E-state index contributed by atoms with van der Waals surface area (Å²) in [6, 6.07) is 13.3. The predicted molar refractivity (Wildman–Crippen MR) is 106 cm³/mol. The molecule has 0 saturated carbocycles. The standard InChI is InChI=1S/C22H23FN2O4/c1-4-22(26)25(13-15-5-7-16(23)8-6-15)14-17-11-21(29-24-17)19-12-18(27-2)9-10-20(19)28-3/h5-12H,4,13-14H2,1-3H3. The number of carbonyl (C=O) groups is 1. The average molecular weight is 398 g/mol. The summed E-state index contributed by atoms with van der Waals surface area (Å²) in [5.41, 5.74) is 2.15. The van der Waals surface area contributed by atoms with Crippen LogP contribution >= 0.6 is 0 Å². The first-order valence-electron chi connectivity index (χ1n) is 9.24. The Balaban J connectivity index is 1.82. The fourth-order valence-corrected chi connectivity index (χ4v) is 2.98. The SMILES string of the molecule is CCC(=O)N(Cc1ccc(F)cc1)Cc1cc(-c2cc(OC)ccc2OC)on1. The van der Waals surface area contributed by atoms with E-state index < -0.39 is 0 Å². The highest BCUT2D eigenvalue weighted by Gasteiger charge is 2.18. The molecule has 0 atom stereocenters. The number of hydrogen-bond donors (Lipinski definition) is 0. The van der Waals surface area contributed by atoms with E-state index in [-0.39, 0.29) is 18.3 Å². The molecule has 152 valence electrons. The lowest BCUT2D eigenvalue weighted by Gasteiger charge is -2.21. The molecule has 0 bridgehead atoms. The van der Waals surface area contributed by atoms with E-state index in [9.17, 15) is 9.18 Å². The molecule has 0 spiro atoms. The molecule has 0 radical (unpaired) electrons. The van der Waals surface area contributed by atoms with Gasteiger partial charge in [-0.1, -0.05) is 24.2 Å². The maximum absolute atomic E-state index is 13.2. The lowest BCUT2D eigenvalue weighted by Crippen LogP contribution is -2.29. The van der Waals surface area contributed by atoms with Gasteiger partial charge in [-0.25, -0.2) is 4.39 Å². The van der Waals surface area contributed by atoms with Crippen molar-refractivity contribution in [3.8, 4) is 22.8 Å². The van der Waals surface area contributed by atoms with Crippen molar-refractivity contribution < 1.29 is 23.2 Å². The summed E-state index contributed by atoms with van der Waals surface area (Å²) in [6.07, 6.45) is 0.357. The van der Waals surface area contributed by atoms with Crippen molar-refractivity contribution in [2.75, 3.05) is 14.2 Å². The Hall–Kier alpha value is -3.35. The third-order valence-corrected chi connectivity index (χ3v) is 4.53. The van der Waals surface area contributed by atoms with E-state index in [0.29, 0.717) is 41.5 Å². The van der Waals surface area contributed by atoms with E-state index in [0.717, 1.165) is 5.56 Å². The number of aromatic nitrogens is 1. The second-order valence-corrected chi connectivity index (χ2v) is 6.48. The quantitative estimate of drug-likeness (QED) is 0.561. The molecule has 3 rings (SSSR count). The maximum Gasteiger partial charge on any atom is 0.222 e. The molecule has 1 aromatic heterocycles. The van der Waals surface area contributed by atoms with E-state index in [1.807, 2.05) is 0 Å². The molecular formula is C22H23FN2O4. The minimum Gasteiger partial charge on any atom is -0.497 e. The normalized spacial score (nSPS) is 10.6. The van der Waals surface area contributed by atoms with E-state index in [1.54, 1.807) is 62.4 Å². The van der Waals surface area contributed by atoms with Gasteiger partial charge in [0, 0.05) is 19.0 Å². The predicted octanol–water partition coefficient (Wildman–Crippen LogP) is 4.44. The van der Waals surface area contributed by atoms with Crippen molar-refractivity contribution in [3.05, 3.63) is 65.6 Å². The van der Waals surface area contributed by atoms with Gasteiger partial charge in [0.25, 0.3) is 0 Å². The highest BCUT2D eigenvalue weighted by Crippen LogP contribution is 2.34. The summed E-state index contributed by atoms with van der Waals surface area (Å²) in [4.78, 5) is 14.1. The summed E-state index contributed by atoms with van der Waals surface area (Å²) < 4.78 is 29.3. The zero-order valence-electron chi connectivity index (χ0n) is 16.6. The van der Waals surface area contributed by atoms with E-state index >= 15 is 0 Å². The van der Waals surface area contributed by atoms with Gasteiger partial charge in [0.2, 0.25) is 5.91 Å². The van der Waals surface area contributed by atoms with Crippen LogP contribution in [0, 0.1) is 5.82 Å². The number of ether oxygens (including phenoxy) is 2. The Bertz CT molecular complexity index is 969. The van der Waals surface area contributed by atoms with Gasteiger partial charge in [-0.05, 0) is 35.9 Å². The first kappa shape index (κ1) is 20.4.